The Bertz CT molecular complexity index is 904. The highest BCUT2D eigenvalue weighted by Gasteiger charge is 2.30. The minimum atomic E-state index is -1.02. The van der Waals surface area contributed by atoms with E-state index < -0.39 is 5.97 Å². The highest BCUT2D eigenvalue weighted by Crippen LogP contribution is 2.31. The molecule has 2 unspecified atom stereocenters. The summed E-state index contributed by atoms with van der Waals surface area (Å²) in [6, 6.07) is 15.6. The van der Waals surface area contributed by atoms with E-state index in [-0.39, 0.29) is 29.0 Å². The summed E-state index contributed by atoms with van der Waals surface area (Å²) in [5.41, 5.74) is 2.20. The fourth-order valence-electron chi connectivity index (χ4n) is 4.56. The predicted octanol–water partition coefficient (Wildman–Crippen LogP) is 4.83. The minimum absolute atomic E-state index is 0.0591. The van der Waals surface area contributed by atoms with Gasteiger partial charge in [-0.2, -0.15) is 0 Å². The van der Waals surface area contributed by atoms with E-state index in [9.17, 15) is 9.90 Å². The Morgan fingerprint density at radius 2 is 2.06 bits per heavy atom. The summed E-state index contributed by atoms with van der Waals surface area (Å²) in [5, 5.41) is 9.54. The number of likely N-dealkylation sites (N-methyl/N-ethyl adjacent to an activating group) is 1. The lowest BCUT2D eigenvalue weighted by Gasteiger charge is -2.34. The standard InChI is InChI=1S/C25H31ClN2O4/c1-27(19-10-11-21(25(29)30)22(26)15-19)23(18-7-3-2-4-8-18)17-28-13-12-20(16-28)32-24-9-5-6-14-31-24/h2-4,7-8,10-11,15,20,23-24H,5-6,9,12-14,16-17H2,1H3,(H,29,30)/t20-,23?,24?/m0/s1. The number of hydrogen-bond donors (Lipinski definition) is 1. The second-order valence-corrected chi connectivity index (χ2v) is 9.02. The number of nitrogens with zero attached hydrogens (tertiary/aromatic N) is 2. The first-order valence-corrected chi connectivity index (χ1v) is 11.7. The molecule has 32 heavy (non-hydrogen) atoms. The molecule has 0 bridgehead atoms. The molecule has 0 radical (unpaired) electrons. The van der Waals surface area contributed by atoms with Gasteiger partial charge < -0.3 is 19.5 Å². The first kappa shape index (κ1) is 23.1. The zero-order valence-corrected chi connectivity index (χ0v) is 19.2. The molecule has 7 heteroatoms. The molecular weight excluding hydrogens is 428 g/mol. The fourth-order valence-corrected chi connectivity index (χ4v) is 4.81. The van der Waals surface area contributed by atoms with Gasteiger partial charge in [0.2, 0.25) is 0 Å². The molecule has 2 aromatic carbocycles. The molecule has 172 valence electrons. The zero-order chi connectivity index (χ0) is 22.5. The van der Waals surface area contributed by atoms with Crippen LogP contribution in [0.3, 0.4) is 0 Å². The number of halogens is 1. The SMILES string of the molecule is CN(c1ccc(C(=O)O)c(Cl)c1)C(CN1CC[C@H](OC2CCCCO2)C1)c1ccccc1. The normalized spacial score (nSPS) is 22.6. The molecule has 2 aliphatic rings. The van der Waals surface area contributed by atoms with Gasteiger partial charge in [0, 0.05) is 39.0 Å². The monoisotopic (exact) mass is 458 g/mol. The Kier molecular flexibility index (Phi) is 7.68. The number of rotatable bonds is 8. The third-order valence-corrected chi connectivity index (χ3v) is 6.70. The molecule has 2 heterocycles. The average Bonchev–Trinajstić information content (AvgIpc) is 3.25. The first-order valence-electron chi connectivity index (χ1n) is 11.3. The highest BCUT2D eigenvalue weighted by atomic mass is 35.5. The van der Waals surface area contributed by atoms with Crippen LogP contribution in [0.5, 0.6) is 0 Å². The van der Waals surface area contributed by atoms with Crippen LogP contribution in [0.4, 0.5) is 5.69 Å². The maximum absolute atomic E-state index is 11.3. The van der Waals surface area contributed by atoms with E-state index in [1.807, 2.05) is 31.3 Å². The van der Waals surface area contributed by atoms with Crippen molar-refractivity contribution in [2.75, 3.05) is 38.2 Å². The van der Waals surface area contributed by atoms with Gasteiger partial charge >= 0.3 is 5.97 Å². The van der Waals surface area contributed by atoms with Crippen LogP contribution >= 0.6 is 11.6 Å². The second kappa shape index (κ2) is 10.7. The van der Waals surface area contributed by atoms with Crippen molar-refractivity contribution < 1.29 is 19.4 Å². The third kappa shape index (κ3) is 5.62. The van der Waals surface area contributed by atoms with Gasteiger partial charge in [-0.3, -0.25) is 4.90 Å². The van der Waals surface area contributed by atoms with Gasteiger partial charge in [-0.05, 0) is 49.4 Å². The van der Waals surface area contributed by atoms with E-state index in [0.717, 1.165) is 51.2 Å². The number of carboxylic acids is 1. The number of hydrogen-bond acceptors (Lipinski definition) is 5. The number of carbonyl (C=O) groups is 1. The van der Waals surface area contributed by atoms with E-state index in [1.54, 1.807) is 12.1 Å². The minimum Gasteiger partial charge on any atom is -0.478 e. The van der Waals surface area contributed by atoms with Gasteiger partial charge in [-0.1, -0.05) is 41.9 Å². The van der Waals surface area contributed by atoms with Crippen molar-refractivity contribution in [3.8, 4) is 0 Å². The van der Waals surface area contributed by atoms with E-state index >= 15 is 0 Å². The van der Waals surface area contributed by atoms with Crippen molar-refractivity contribution in [1.29, 1.82) is 0 Å². The molecular formula is C25H31ClN2O4. The maximum Gasteiger partial charge on any atom is 0.337 e. The zero-order valence-electron chi connectivity index (χ0n) is 18.5. The number of carboxylic acid groups (broad SMARTS) is 1. The van der Waals surface area contributed by atoms with Crippen molar-refractivity contribution >= 4 is 23.3 Å². The fraction of sp³-hybridized carbons (Fsp3) is 0.480. The third-order valence-electron chi connectivity index (χ3n) is 6.38. The lowest BCUT2D eigenvalue weighted by molar-refractivity contribution is -0.185. The Morgan fingerprint density at radius 1 is 1.25 bits per heavy atom. The number of aromatic carboxylic acids is 1. The average molecular weight is 459 g/mol. The molecule has 3 atom stereocenters. The number of benzene rings is 2. The van der Waals surface area contributed by atoms with Crippen LogP contribution in [-0.4, -0.2) is 61.7 Å². The molecule has 0 amide bonds. The Hall–Kier alpha value is -2.12. The summed E-state index contributed by atoms with van der Waals surface area (Å²) < 4.78 is 12.0. The van der Waals surface area contributed by atoms with Crippen molar-refractivity contribution in [3.63, 3.8) is 0 Å². The maximum atomic E-state index is 11.3. The second-order valence-electron chi connectivity index (χ2n) is 8.61. The summed E-state index contributed by atoms with van der Waals surface area (Å²) in [6.45, 7) is 3.50. The van der Waals surface area contributed by atoms with Crippen LogP contribution in [0.25, 0.3) is 0 Å². The number of likely N-dealkylation sites (tertiary alicyclic amines) is 1. The summed E-state index contributed by atoms with van der Waals surface area (Å²) in [7, 11) is 2.03. The van der Waals surface area contributed by atoms with Gasteiger partial charge in [-0.25, -0.2) is 4.79 Å². The van der Waals surface area contributed by atoms with Crippen molar-refractivity contribution in [2.45, 2.75) is 44.1 Å². The number of ether oxygens (including phenoxy) is 2. The molecule has 6 nitrogen and oxygen atoms in total. The van der Waals surface area contributed by atoms with Crippen LogP contribution in [0.15, 0.2) is 48.5 Å². The summed E-state index contributed by atoms with van der Waals surface area (Å²) in [6.07, 6.45) is 4.42. The van der Waals surface area contributed by atoms with Crippen molar-refractivity contribution in [3.05, 3.63) is 64.7 Å². The van der Waals surface area contributed by atoms with Crippen LogP contribution in [0.1, 0.15) is 47.6 Å². The molecule has 2 fully saturated rings. The largest absolute Gasteiger partial charge is 0.478 e. The van der Waals surface area contributed by atoms with Crippen LogP contribution < -0.4 is 4.90 Å². The van der Waals surface area contributed by atoms with Crippen LogP contribution in [0, 0.1) is 0 Å². The summed E-state index contributed by atoms with van der Waals surface area (Å²) in [4.78, 5) is 15.9. The van der Waals surface area contributed by atoms with Crippen molar-refractivity contribution in [2.24, 2.45) is 0 Å². The summed E-state index contributed by atoms with van der Waals surface area (Å²) in [5.74, 6) is -1.02. The van der Waals surface area contributed by atoms with Crippen LogP contribution in [0.2, 0.25) is 5.02 Å². The Morgan fingerprint density at radius 3 is 2.75 bits per heavy atom. The molecule has 0 saturated carbocycles. The molecule has 0 aliphatic carbocycles. The van der Waals surface area contributed by atoms with Gasteiger partial charge in [0.05, 0.1) is 22.7 Å². The first-order chi connectivity index (χ1) is 15.5. The van der Waals surface area contributed by atoms with E-state index in [4.69, 9.17) is 21.1 Å². The molecule has 2 aromatic rings. The quantitative estimate of drug-likeness (QED) is 0.611. The molecule has 4 rings (SSSR count). The lowest BCUT2D eigenvalue weighted by Crippen LogP contribution is -2.36. The van der Waals surface area contributed by atoms with Crippen molar-refractivity contribution in [1.82, 2.24) is 4.90 Å². The lowest BCUT2D eigenvalue weighted by atomic mass is 10.0. The van der Waals surface area contributed by atoms with Gasteiger partial charge in [0.25, 0.3) is 0 Å². The van der Waals surface area contributed by atoms with E-state index in [2.05, 4.69) is 21.9 Å². The molecule has 1 N–H and O–H groups in total. The number of anilines is 1. The Balaban J connectivity index is 1.47. The molecule has 0 aromatic heterocycles. The van der Waals surface area contributed by atoms with Gasteiger partial charge in [0.1, 0.15) is 0 Å². The smallest absolute Gasteiger partial charge is 0.337 e. The topological polar surface area (TPSA) is 62.2 Å². The molecule has 2 aliphatic heterocycles. The predicted molar refractivity (Wildman–Crippen MR) is 126 cm³/mol. The Labute approximate surface area is 194 Å². The highest BCUT2D eigenvalue weighted by molar-refractivity contribution is 6.33. The van der Waals surface area contributed by atoms with E-state index in [0.29, 0.717) is 0 Å². The molecule has 2 saturated heterocycles. The van der Waals surface area contributed by atoms with Crippen LogP contribution in [-0.2, 0) is 9.47 Å². The van der Waals surface area contributed by atoms with Gasteiger partial charge in [-0.15, -0.1) is 0 Å². The summed E-state index contributed by atoms with van der Waals surface area (Å²) >= 11 is 6.25. The molecule has 0 spiro atoms. The van der Waals surface area contributed by atoms with Gasteiger partial charge in [0.15, 0.2) is 6.29 Å². The van der Waals surface area contributed by atoms with E-state index in [1.165, 1.54) is 12.0 Å².